The van der Waals surface area contributed by atoms with Crippen LogP contribution in [0.15, 0.2) is 34.3 Å². The number of carboxylic acid groups (broad SMARTS) is 1. The molecule has 2 aliphatic rings. The Labute approximate surface area is 669 Å². The second-order valence-corrected chi connectivity index (χ2v) is 29.0. The topological polar surface area (TPSA) is 752 Å². The zero-order valence-electron chi connectivity index (χ0n) is 66.2. The molecular formula is C71H116N24O21. The number of phenols is 1. The highest BCUT2D eigenvalue weighted by atomic mass is 16.4. The molecule has 14 atom stereocenters. The van der Waals surface area contributed by atoms with Crippen LogP contribution in [0.5, 0.6) is 5.75 Å². The number of carboxylic acids is 1. The molecule has 0 unspecified atom stereocenters. The zero-order chi connectivity index (χ0) is 87.4. The van der Waals surface area contributed by atoms with Crippen LogP contribution in [-0.2, 0) is 92.7 Å². The molecule has 2 aliphatic heterocycles. The fourth-order valence-corrected chi connectivity index (χ4v) is 12.3. The Balaban J connectivity index is 1.77. The second-order valence-electron chi connectivity index (χ2n) is 29.0. The number of aliphatic hydroxyl groups excluding tert-OH is 1. The molecule has 31 N–H and O–H groups in total. The fraction of sp³-hybridized carbons (Fsp3) is 0.634. The van der Waals surface area contributed by atoms with Crippen molar-refractivity contribution in [1.82, 2.24) is 73.6 Å². The molecule has 2 fully saturated rings. The highest BCUT2D eigenvalue weighted by Gasteiger charge is 2.43. The molecule has 0 bridgehead atoms. The predicted octanol–water partition coefficient (Wildman–Crippen LogP) is -9.56. The van der Waals surface area contributed by atoms with Crippen LogP contribution < -0.4 is 110 Å². The molecule has 2 saturated heterocycles. The van der Waals surface area contributed by atoms with Crippen molar-refractivity contribution in [1.29, 1.82) is 0 Å². The number of rotatable bonds is 50. The molecule has 116 heavy (non-hydrogen) atoms. The number of carbonyl (C=O) groups excluding carboxylic acids is 17. The maximum absolute atomic E-state index is 14.6. The van der Waals surface area contributed by atoms with Gasteiger partial charge >= 0.3 is 5.97 Å². The van der Waals surface area contributed by atoms with Crippen LogP contribution in [-0.4, -0.2) is 267 Å². The van der Waals surface area contributed by atoms with E-state index in [1.165, 1.54) is 45.0 Å². The molecule has 0 radical (unpaired) electrons. The van der Waals surface area contributed by atoms with Gasteiger partial charge in [0.1, 0.15) is 90.3 Å². The lowest BCUT2D eigenvalue weighted by Crippen LogP contribution is -2.61. The van der Waals surface area contributed by atoms with Crippen molar-refractivity contribution in [3.8, 4) is 5.75 Å². The number of carbonyl (C=O) groups is 18. The van der Waals surface area contributed by atoms with Crippen LogP contribution >= 0.6 is 0 Å². The van der Waals surface area contributed by atoms with Gasteiger partial charge in [0, 0.05) is 51.9 Å². The second kappa shape index (κ2) is 48.9. The largest absolute Gasteiger partial charge is 0.508 e. The normalized spacial score (nSPS) is 16.8. The van der Waals surface area contributed by atoms with Gasteiger partial charge in [-0.1, -0.05) is 39.8 Å². The van der Waals surface area contributed by atoms with Gasteiger partial charge in [0.2, 0.25) is 100 Å². The monoisotopic (exact) mass is 1640 g/mol. The van der Waals surface area contributed by atoms with Gasteiger partial charge in [0.05, 0.1) is 13.2 Å². The fourth-order valence-electron chi connectivity index (χ4n) is 12.3. The summed E-state index contributed by atoms with van der Waals surface area (Å²) in [4.78, 5) is 253. The predicted molar refractivity (Wildman–Crippen MR) is 415 cm³/mol. The Morgan fingerprint density at radius 2 is 0.819 bits per heavy atom. The van der Waals surface area contributed by atoms with Crippen molar-refractivity contribution in [3.05, 3.63) is 29.8 Å². The highest BCUT2D eigenvalue weighted by molar-refractivity contribution is 6.01. The molecule has 0 spiro atoms. The number of aliphatic hydroxyl groups is 1. The third-order valence-electron chi connectivity index (χ3n) is 18.6. The van der Waals surface area contributed by atoms with Crippen LogP contribution in [0, 0.1) is 11.8 Å². The van der Waals surface area contributed by atoms with Gasteiger partial charge in [-0.05, 0) is 127 Å². The summed E-state index contributed by atoms with van der Waals surface area (Å²) in [6.45, 7) is 8.81. The number of benzene rings is 1. The molecule has 1 aromatic carbocycles. The van der Waals surface area contributed by atoms with E-state index in [4.69, 9.17) is 45.9 Å². The standard InChI is InChI=1S/C71H116N24O21/c1-34(2)30-47(91-63(109)48(33-96)92-62(108)46(85-54(101)32-72)31-39-16-18-40(97)19-17-39)68(114)95-29-11-15-50(95)65(111)88-43(21-24-52(74)99)60(106)87-42(20-23-51(73)98)61(107)89-44(22-25-53(75)100)67(113)94-28-10-14-49(94)64(110)83-36(5)56(102)82-38(7)58(104)93-55(35(3)4)66(112)84-37(6)57(103)86-41(12-8-26-80-70(76)77)59(105)90-45(69(115)116)13-9-27-81-71(78)79/h16-19,34-38,41-50,55,96-97H,8-15,20-33,72H2,1-7H3,(H2,73,98)(H2,74,99)(H2,75,100)(H,82,102)(H,83,110)(H,84,112)(H,85,101)(H,86,103)(H,87,106)(H,88,111)(H,89,107)(H,90,105)(H,91,109)(H,92,108)(H,93,104)(H,115,116)(H4,76,77,80)(H4,78,79,81)/t36-,37-,38-,41-,42-,43-,44-,45-,46-,47-,48-,49-,50-,55-/m0/s1. The summed E-state index contributed by atoms with van der Waals surface area (Å²) in [5.74, 6) is -18.7. The molecule has 0 aromatic heterocycles. The highest BCUT2D eigenvalue weighted by Crippen LogP contribution is 2.24. The van der Waals surface area contributed by atoms with E-state index in [9.17, 15) is 102 Å². The van der Waals surface area contributed by atoms with E-state index in [-0.39, 0.29) is 114 Å². The number of nitrogens with two attached hydrogens (primary N) is 8. The van der Waals surface area contributed by atoms with E-state index >= 15 is 0 Å². The summed E-state index contributed by atoms with van der Waals surface area (Å²) in [7, 11) is 0. The number of aromatic hydroxyl groups is 1. The van der Waals surface area contributed by atoms with Crippen LogP contribution in [0.1, 0.15) is 150 Å². The third-order valence-corrected chi connectivity index (χ3v) is 18.6. The zero-order valence-corrected chi connectivity index (χ0v) is 66.2. The number of likely N-dealkylation sites (tertiary alicyclic amines) is 2. The van der Waals surface area contributed by atoms with Crippen molar-refractivity contribution in [2.24, 2.45) is 67.7 Å². The Bertz CT molecular complexity index is 3710. The first-order chi connectivity index (χ1) is 54.5. The number of primary amides is 3. The lowest BCUT2D eigenvalue weighted by atomic mass is 10.0. The number of aliphatic carboxylic acids is 1. The Morgan fingerprint density at radius 3 is 1.28 bits per heavy atom. The number of phenolic OH excluding ortho intramolecular Hbond substituents is 1. The number of hydrogen-bond acceptors (Lipinski definition) is 23. The van der Waals surface area contributed by atoms with Crippen molar-refractivity contribution in [2.75, 3.05) is 39.3 Å². The lowest BCUT2D eigenvalue weighted by Gasteiger charge is -2.32. The number of nitrogens with zero attached hydrogens (tertiary/aromatic N) is 4. The molecule has 2 heterocycles. The van der Waals surface area contributed by atoms with Crippen molar-refractivity contribution in [2.45, 2.75) is 236 Å². The van der Waals surface area contributed by atoms with Crippen LogP contribution in [0.3, 0.4) is 0 Å². The smallest absolute Gasteiger partial charge is 0.326 e. The average Bonchev–Trinajstić information content (AvgIpc) is 1.65. The lowest BCUT2D eigenvalue weighted by molar-refractivity contribution is -0.143. The Hall–Kier alpha value is -12.1. The van der Waals surface area contributed by atoms with E-state index in [0.29, 0.717) is 5.56 Å². The summed E-state index contributed by atoms with van der Waals surface area (Å²) >= 11 is 0. The van der Waals surface area contributed by atoms with Crippen LogP contribution in [0.2, 0.25) is 0 Å². The van der Waals surface area contributed by atoms with Gasteiger partial charge < -0.3 is 135 Å². The van der Waals surface area contributed by atoms with Gasteiger partial charge in [0.15, 0.2) is 11.9 Å². The van der Waals surface area contributed by atoms with E-state index in [1.807, 2.05) is 0 Å². The number of hydrogen-bond donors (Lipinski definition) is 23. The minimum atomic E-state index is -1.77. The van der Waals surface area contributed by atoms with Gasteiger partial charge in [-0.2, -0.15) is 0 Å². The number of amides is 17. The SMILES string of the molecule is CC(C)C[C@H](NC(=O)[C@H](CO)NC(=O)[C@H](Cc1ccc(O)cc1)NC(=O)CN)C(=O)N1CCC[C@H]1C(=O)N[C@@H](CCC(N)=O)C(=O)N[C@@H](CCC(N)=O)C(=O)N[C@@H](CCC(N)=O)C(=O)N1CCC[C@H]1C(=O)N[C@@H](C)C(=O)N[C@@H](C)C(=O)N[C@H](C(=O)N[C@@H](C)C(=O)N[C@@H](CCCN=C(N)N)C(=O)N[C@@H](CCCN=C(N)N)C(=O)O)C(C)C. The first kappa shape index (κ1) is 98.1. The summed E-state index contributed by atoms with van der Waals surface area (Å²) in [6.07, 6.45) is -2.82. The Kier molecular flexibility index (Phi) is 41.3. The van der Waals surface area contributed by atoms with Gasteiger partial charge in [0.25, 0.3) is 0 Å². The number of nitrogens with one attached hydrogen (secondary N) is 12. The van der Waals surface area contributed by atoms with Crippen LogP contribution in [0.25, 0.3) is 0 Å². The minimum Gasteiger partial charge on any atom is -0.508 e. The molecule has 646 valence electrons. The van der Waals surface area contributed by atoms with Crippen molar-refractivity contribution in [3.63, 3.8) is 0 Å². The van der Waals surface area contributed by atoms with E-state index in [2.05, 4.69) is 73.8 Å². The van der Waals surface area contributed by atoms with Gasteiger partial charge in [-0.25, -0.2) is 4.79 Å². The molecule has 45 heteroatoms. The molecule has 45 nitrogen and oxygen atoms in total. The maximum atomic E-state index is 14.6. The molecule has 17 amide bonds. The summed E-state index contributed by atoms with van der Waals surface area (Å²) in [5, 5.41) is 59.5. The average molecular weight is 1640 g/mol. The molecular weight excluding hydrogens is 1520 g/mol. The molecule has 0 saturated carbocycles. The Morgan fingerprint density at radius 1 is 0.440 bits per heavy atom. The number of guanidine groups is 2. The maximum Gasteiger partial charge on any atom is 0.326 e. The number of aliphatic imine (C=N–C) groups is 2. The quantitative estimate of drug-likeness (QED) is 0.0164. The van der Waals surface area contributed by atoms with Crippen molar-refractivity contribution >= 4 is 118 Å². The van der Waals surface area contributed by atoms with E-state index < -0.39 is 249 Å². The minimum absolute atomic E-state index is 0.00299. The van der Waals surface area contributed by atoms with Crippen LogP contribution in [0.4, 0.5) is 0 Å². The van der Waals surface area contributed by atoms with Crippen molar-refractivity contribution < 1.29 is 102 Å². The third kappa shape index (κ3) is 33.9. The molecule has 0 aliphatic carbocycles. The summed E-state index contributed by atoms with van der Waals surface area (Å²) < 4.78 is 0. The van der Waals surface area contributed by atoms with E-state index in [0.717, 1.165) is 9.80 Å². The van der Waals surface area contributed by atoms with Gasteiger partial charge in [-0.15, -0.1) is 0 Å². The van der Waals surface area contributed by atoms with E-state index in [1.54, 1.807) is 27.7 Å². The summed E-state index contributed by atoms with van der Waals surface area (Å²) in [6, 6.07) is -14.9. The first-order valence-electron chi connectivity index (χ1n) is 38.0. The summed E-state index contributed by atoms with van der Waals surface area (Å²) in [5.41, 5.74) is 43.9. The molecule has 1 aromatic rings. The van der Waals surface area contributed by atoms with Gasteiger partial charge in [-0.3, -0.25) is 91.5 Å². The molecule has 3 rings (SSSR count). The first-order valence-corrected chi connectivity index (χ1v) is 38.0.